The van der Waals surface area contributed by atoms with Crippen LogP contribution in [0.4, 0.5) is 4.79 Å². The number of hydrogen-bond donors (Lipinski definition) is 1. The molecule has 1 aliphatic heterocycles. The Labute approximate surface area is 158 Å². The summed E-state index contributed by atoms with van der Waals surface area (Å²) in [6.07, 6.45) is 1.29. The molecule has 1 N–H and O–H groups in total. The van der Waals surface area contributed by atoms with Gasteiger partial charge in [0, 0.05) is 11.6 Å². The first kappa shape index (κ1) is 18.5. The topological polar surface area (TPSA) is 56.8 Å². The third-order valence-corrected chi connectivity index (χ3v) is 4.47. The molecule has 1 amide bonds. The highest BCUT2D eigenvalue weighted by molar-refractivity contribution is 6.30. The number of carbonyl (C=O) groups is 1. The highest BCUT2D eigenvalue weighted by Crippen LogP contribution is 2.33. The molecule has 0 aliphatic carbocycles. The van der Waals surface area contributed by atoms with E-state index in [9.17, 15) is 4.79 Å². The number of alkyl carbamates (subject to hydrolysis) is 1. The molecule has 138 valence electrons. The van der Waals surface area contributed by atoms with Crippen LogP contribution in [0.15, 0.2) is 42.5 Å². The predicted octanol–water partition coefficient (Wildman–Crippen LogP) is 4.13. The molecule has 1 atom stereocenters. The first-order valence-corrected chi connectivity index (χ1v) is 8.99. The van der Waals surface area contributed by atoms with Gasteiger partial charge in [-0.2, -0.15) is 0 Å². The first-order valence-electron chi connectivity index (χ1n) is 8.62. The van der Waals surface area contributed by atoms with Gasteiger partial charge in [-0.05, 0) is 47.7 Å². The van der Waals surface area contributed by atoms with Gasteiger partial charge in [-0.3, -0.25) is 0 Å². The van der Waals surface area contributed by atoms with Gasteiger partial charge in [-0.1, -0.05) is 35.9 Å². The fourth-order valence-electron chi connectivity index (χ4n) is 2.98. The van der Waals surface area contributed by atoms with E-state index in [1.54, 1.807) is 0 Å². The van der Waals surface area contributed by atoms with Crippen LogP contribution in [0.5, 0.6) is 5.75 Å². The van der Waals surface area contributed by atoms with E-state index in [1.165, 1.54) is 12.7 Å². The molecule has 0 fully saturated rings. The van der Waals surface area contributed by atoms with E-state index in [0.29, 0.717) is 18.2 Å². The summed E-state index contributed by atoms with van der Waals surface area (Å²) < 4.78 is 16.4. The number of rotatable bonds is 6. The van der Waals surface area contributed by atoms with Gasteiger partial charge in [0.2, 0.25) is 0 Å². The zero-order chi connectivity index (χ0) is 18.4. The quantitative estimate of drug-likeness (QED) is 0.771. The number of benzene rings is 2. The maximum atomic E-state index is 11.2. The second-order valence-corrected chi connectivity index (χ2v) is 6.48. The van der Waals surface area contributed by atoms with Crippen LogP contribution < -0.4 is 10.1 Å². The van der Waals surface area contributed by atoms with Crippen LogP contribution in [0.25, 0.3) is 0 Å². The van der Waals surface area contributed by atoms with Crippen molar-refractivity contribution < 1.29 is 19.0 Å². The molecule has 1 unspecified atom stereocenters. The maximum absolute atomic E-state index is 11.2. The van der Waals surface area contributed by atoms with Gasteiger partial charge in [0.1, 0.15) is 11.9 Å². The summed E-state index contributed by atoms with van der Waals surface area (Å²) in [4.78, 5) is 11.2. The number of fused-ring (bicyclic) bond motifs is 1. The third kappa shape index (κ3) is 4.68. The van der Waals surface area contributed by atoms with Crippen molar-refractivity contribution in [1.82, 2.24) is 5.32 Å². The number of hydrogen-bond acceptors (Lipinski definition) is 4. The van der Waals surface area contributed by atoms with Crippen LogP contribution in [0.1, 0.15) is 29.2 Å². The van der Waals surface area contributed by atoms with Gasteiger partial charge in [0.25, 0.3) is 0 Å². The molecular weight excluding hydrogens is 354 g/mol. The summed E-state index contributed by atoms with van der Waals surface area (Å²) in [6, 6.07) is 13.8. The van der Waals surface area contributed by atoms with Crippen molar-refractivity contribution in [3.63, 3.8) is 0 Å². The number of nitrogens with one attached hydrogen (secondary N) is 1. The molecule has 0 aromatic heterocycles. The van der Waals surface area contributed by atoms with Crippen molar-refractivity contribution in [1.29, 1.82) is 0 Å². The van der Waals surface area contributed by atoms with Crippen LogP contribution in [0.3, 0.4) is 0 Å². The Balaban J connectivity index is 1.79. The van der Waals surface area contributed by atoms with Gasteiger partial charge in [-0.25, -0.2) is 4.79 Å². The van der Waals surface area contributed by atoms with Crippen molar-refractivity contribution >= 4 is 17.7 Å². The molecule has 0 saturated heterocycles. The standard InChI is InChI=1S/C20H22ClNO4/c1-24-20(23)22-9-11-26-19(15-4-2-6-17(21)12-15)16-8-7-14-5-3-10-25-18(14)13-16/h2,4,6-8,12-13,19H,3,5,9-11H2,1H3,(H,22,23). The minimum atomic E-state index is -0.477. The van der Waals surface area contributed by atoms with Crippen LogP contribution in [-0.2, 0) is 15.9 Å². The Hall–Kier alpha value is -2.24. The molecule has 0 spiro atoms. The predicted molar refractivity (Wildman–Crippen MR) is 99.9 cm³/mol. The summed E-state index contributed by atoms with van der Waals surface area (Å²) in [5, 5.41) is 3.27. The Kier molecular flexibility index (Phi) is 6.36. The summed E-state index contributed by atoms with van der Waals surface area (Å²) in [6.45, 7) is 1.43. The molecule has 1 aliphatic rings. The Morgan fingerprint density at radius 2 is 2.12 bits per heavy atom. The molecule has 0 saturated carbocycles. The summed E-state index contributed by atoms with van der Waals surface area (Å²) in [5.74, 6) is 0.914. The molecular formula is C20H22ClNO4. The van der Waals surface area contributed by atoms with Crippen LogP contribution in [0.2, 0.25) is 5.02 Å². The molecule has 5 nitrogen and oxygen atoms in total. The fraction of sp³-hybridized carbons (Fsp3) is 0.350. The lowest BCUT2D eigenvalue weighted by Crippen LogP contribution is -2.27. The van der Waals surface area contributed by atoms with Crippen molar-refractivity contribution in [2.75, 3.05) is 26.9 Å². The van der Waals surface area contributed by atoms with Crippen LogP contribution >= 0.6 is 11.6 Å². The van der Waals surface area contributed by atoms with Gasteiger partial charge in [0.15, 0.2) is 0 Å². The second-order valence-electron chi connectivity index (χ2n) is 6.04. The van der Waals surface area contributed by atoms with Crippen molar-refractivity contribution in [3.05, 3.63) is 64.2 Å². The smallest absolute Gasteiger partial charge is 0.406 e. The van der Waals surface area contributed by atoms with E-state index in [2.05, 4.69) is 22.2 Å². The number of carbonyl (C=O) groups excluding carboxylic acids is 1. The fourth-order valence-corrected chi connectivity index (χ4v) is 3.18. The van der Waals surface area contributed by atoms with Gasteiger partial charge in [-0.15, -0.1) is 0 Å². The lowest BCUT2D eigenvalue weighted by molar-refractivity contribution is 0.0804. The van der Waals surface area contributed by atoms with Crippen molar-refractivity contribution in [3.8, 4) is 5.75 Å². The number of halogens is 1. The lowest BCUT2D eigenvalue weighted by atomic mass is 9.97. The highest BCUT2D eigenvalue weighted by Gasteiger charge is 2.19. The van der Waals surface area contributed by atoms with Crippen molar-refractivity contribution in [2.45, 2.75) is 18.9 Å². The van der Waals surface area contributed by atoms with E-state index in [4.69, 9.17) is 21.1 Å². The minimum Gasteiger partial charge on any atom is -0.493 e. The van der Waals surface area contributed by atoms with E-state index in [0.717, 1.165) is 36.3 Å². The summed E-state index contributed by atoms with van der Waals surface area (Å²) in [5.41, 5.74) is 3.16. The Bertz CT molecular complexity index is 765. The molecule has 0 bridgehead atoms. The molecule has 2 aromatic carbocycles. The normalized spacial score (nSPS) is 14.1. The van der Waals surface area contributed by atoms with Crippen LogP contribution in [-0.4, -0.2) is 33.0 Å². The number of aryl methyl sites for hydroxylation is 1. The monoisotopic (exact) mass is 375 g/mol. The summed E-state index contributed by atoms with van der Waals surface area (Å²) in [7, 11) is 1.33. The lowest BCUT2D eigenvalue weighted by Gasteiger charge is -2.23. The SMILES string of the molecule is COC(=O)NCCOC(c1cccc(Cl)c1)c1ccc2c(c1)OCCC2. The largest absolute Gasteiger partial charge is 0.493 e. The Morgan fingerprint density at radius 3 is 2.92 bits per heavy atom. The van der Waals surface area contributed by atoms with E-state index >= 15 is 0 Å². The van der Waals surface area contributed by atoms with Gasteiger partial charge >= 0.3 is 6.09 Å². The molecule has 1 heterocycles. The third-order valence-electron chi connectivity index (χ3n) is 4.23. The molecule has 26 heavy (non-hydrogen) atoms. The van der Waals surface area contributed by atoms with Gasteiger partial charge < -0.3 is 19.5 Å². The van der Waals surface area contributed by atoms with E-state index < -0.39 is 6.09 Å². The van der Waals surface area contributed by atoms with Gasteiger partial charge in [0.05, 0.1) is 20.3 Å². The number of amides is 1. The molecule has 2 aromatic rings. The molecule has 0 radical (unpaired) electrons. The van der Waals surface area contributed by atoms with E-state index in [-0.39, 0.29) is 6.10 Å². The highest BCUT2D eigenvalue weighted by atomic mass is 35.5. The number of ether oxygens (including phenoxy) is 3. The number of methoxy groups -OCH3 is 1. The summed E-state index contributed by atoms with van der Waals surface area (Å²) >= 11 is 6.16. The molecule has 3 rings (SSSR count). The van der Waals surface area contributed by atoms with Crippen LogP contribution in [0, 0.1) is 0 Å². The molecule has 6 heteroatoms. The second kappa shape index (κ2) is 8.92. The maximum Gasteiger partial charge on any atom is 0.406 e. The van der Waals surface area contributed by atoms with E-state index in [1.807, 2.05) is 30.3 Å². The Morgan fingerprint density at radius 1 is 1.27 bits per heavy atom. The average Bonchev–Trinajstić information content (AvgIpc) is 2.67. The average molecular weight is 376 g/mol. The zero-order valence-electron chi connectivity index (χ0n) is 14.7. The van der Waals surface area contributed by atoms with Crippen molar-refractivity contribution in [2.24, 2.45) is 0 Å². The zero-order valence-corrected chi connectivity index (χ0v) is 15.4. The first-order chi connectivity index (χ1) is 12.7. The minimum absolute atomic E-state index is 0.302.